The third kappa shape index (κ3) is 2.34. The van der Waals surface area contributed by atoms with Crippen LogP contribution in [0.1, 0.15) is 49.3 Å². The van der Waals surface area contributed by atoms with Gasteiger partial charge >= 0.3 is 0 Å². The van der Waals surface area contributed by atoms with Crippen LogP contribution in [-0.4, -0.2) is 15.1 Å². The van der Waals surface area contributed by atoms with E-state index in [1.54, 1.807) is 0 Å². The van der Waals surface area contributed by atoms with Gasteiger partial charge in [0, 0.05) is 11.6 Å². The molecule has 0 aliphatic heterocycles. The minimum Gasteiger partial charge on any atom is -0.390 e. The molecule has 1 aromatic rings. The molecule has 1 N–H and O–H groups in total. The number of hydrogen-bond acceptors (Lipinski definition) is 3. The number of aliphatic hydroxyl groups is 1. The summed E-state index contributed by atoms with van der Waals surface area (Å²) in [6.45, 7) is 4.25. The summed E-state index contributed by atoms with van der Waals surface area (Å²) in [5, 5.41) is 9.09. The summed E-state index contributed by atoms with van der Waals surface area (Å²) < 4.78 is 0. The number of nitrogens with zero attached hydrogens (tertiary/aromatic N) is 2. The van der Waals surface area contributed by atoms with Crippen LogP contribution in [0.25, 0.3) is 0 Å². The van der Waals surface area contributed by atoms with Crippen molar-refractivity contribution in [2.24, 2.45) is 5.92 Å². The Balaban J connectivity index is 2.24. The number of aryl methyl sites for hydroxylation is 1. The Hall–Kier alpha value is -0.960. The van der Waals surface area contributed by atoms with Gasteiger partial charge in [0.2, 0.25) is 0 Å². The minimum atomic E-state index is 0.0125. The highest BCUT2D eigenvalue weighted by Gasteiger charge is 2.25. The predicted molar refractivity (Wildman–Crippen MR) is 58.4 cm³/mol. The zero-order valence-corrected chi connectivity index (χ0v) is 9.40. The molecule has 0 aromatic carbocycles. The molecule has 82 valence electrons. The zero-order chi connectivity index (χ0) is 10.8. The van der Waals surface area contributed by atoms with E-state index in [1.807, 2.05) is 13.0 Å². The summed E-state index contributed by atoms with van der Waals surface area (Å²) in [7, 11) is 0. The van der Waals surface area contributed by atoms with E-state index in [0.717, 1.165) is 23.1 Å². The fraction of sp³-hybridized carbons (Fsp3) is 0.667. The van der Waals surface area contributed by atoms with Gasteiger partial charge in [-0.25, -0.2) is 9.97 Å². The Morgan fingerprint density at radius 1 is 1.40 bits per heavy atom. The van der Waals surface area contributed by atoms with Gasteiger partial charge in [-0.15, -0.1) is 0 Å². The first-order valence-electron chi connectivity index (χ1n) is 5.64. The molecule has 2 rings (SSSR count). The van der Waals surface area contributed by atoms with Crippen molar-refractivity contribution >= 4 is 0 Å². The second-order valence-electron chi connectivity index (χ2n) is 4.63. The van der Waals surface area contributed by atoms with Crippen molar-refractivity contribution in [2.75, 3.05) is 0 Å². The van der Waals surface area contributed by atoms with Gasteiger partial charge < -0.3 is 5.11 Å². The molecule has 1 fully saturated rings. The number of aliphatic hydroxyl groups excluding tert-OH is 1. The maximum absolute atomic E-state index is 9.09. The van der Waals surface area contributed by atoms with Gasteiger partial charge in [-0.3, -0.25) is 0 Å². The third-order valence-corrected chi connectivity index (χ3v) is 3.15. The lowest BCUT2D eigenvalue weighted by atomic mass is 10.1. The molecule has 0 bridgehead atoms. The molecule has 0 radical (unpaired) electrons. The average Bonchev–Trinajstić information content (AvgIpc) is 2.64. The minimum absolute atomic E-state index is 0.0125. The van der Waals surface area contributed by atoms with Crippen LogP contribution < -0.4 is 0 Å². The van der Waals surface area contributed by atoms with Crippen molar-refractivity contribution in [2.45, 2.75) is 45.6 Å². The van der Waals surface area contributed by atoms with E-state index in [4.69, 9.17) is 5.11 Å². The van der Waals surface area contributed by atoms with Crippen LogP contribution in [-0.2, 0) is 6.61 Å². The highest BCUT2D eigenvalue weighted by atomic mass is 16.3. The highest BCUT2D eigenvalue weighted by Crippen LogP contribution is 2.36. The molecule has 3 nitrogen and oxygen atoms in total. The van der Waals surface area contributed by atoms with Crippen LogP contribution in [0.15, 0.2) is 6.07 Å². The Labute approximate surface area is 90.6 Å². The molecular formula is C12H18N2O. The molecule has 1 aliphatic carbocycles. The summed E-state index contributed by atoms with van der Waals surface area (Å²) in [5.74, 6) is 2.23. The zero-order valence-electron chi connectivity index (χ0n) is 9.40. The lowest BCUT2D eigenvalue weighted by Crippen LogP contribution is -2.05. The quantitative estimate of drug-likeness (QED) is 0.806. The summed E-state index contributed by atoms with van der Waals surface area (Å²) >= 11 is 0. The molecule has 2 unspecified atom stereocenters. The number of aromatic nitrogens is 2. The smallest absolute Gasteiger partial charge is 0.132 e. The molecule has 1 saturated carbocycles. The molecule has 1 aromatic heterocycles. The fourth-order valence-corrected chi connectivity index (χ4v) is 2.36. The van der Waals surface area contributed by atoms with Crippen molar-refractivity contribution in [1.82, 2.24) is 9.97 Å². The topological polar surface area (TPSA) is 46.0 Å². The van der Waals surface area contributed by atoms with Gasteiger partial charge in [-0.2, -0.15) is 0 Å². The van der Waals surface area contributed by atoms with E-state index in [1.165, 1.54) is 19.3 Å². The number of hydrogen-bond donors (Lipinski definition) is 1. The van der Waals surface area contributed by atoms with Crippen LogP contribution in [0, 0.1) is 12.8 Å². The van der Waals surface area contributed by atoms with E-state index in [0.29, 0.717) is 5.92 Å². The monoisotopic (exact) mass is 206 g/mol. The summed E-state index contributed by atoms with van der Waals surface area (Å²) in [6.07, 6.45) is 3.65. The Morgan fingerprint density at radius 2 is 2.20 bits per heavy atom. The van der Waals surface area contributed by atoms with Crippen molar-refractivity contribution in [3.8, 4) is 0 Å². The van der Waals surface area contributed by atoms with Crippen molar-refractivity contribution in [3.63, 3.8) is 0 Å². The van der Waals surface area contributed by atoms with Gasteiger partial charge in [0.25, 0.3) is 0 Å². The maximum Gasteiger partial charge on any atom is 0.132 e. The van der Waals surface area contributed by atoms with Gasteiger partial charge in [0.15, 0.2) is 0 Å². The van der Waals surface area contributed by atoms with Crippen LogP contribution in [0.2, 0.25) is 0 Å². The van der Waals surface area contributed by atoms with Gasteiger partial charge in [-0.1, -0.05) is 6.92 Å². The van der Waals surface area contributed by atoms with Crippen LogP contribution in [0.4, 0.5) is 0 Å². The second kappa shape index (κ2) is 4.27. The Bertz CT molecular complexity index is 351. The second-order valence-corrected chi connectivity index (χ2v) is 4.63. The van der Waals surface area contributed by atoms with Crippen molar-refractivity contribution in [3.05, 3.63) is 23.3 Å². The summed E-state index contributed by atoms with van der Waals surface area (Å²) in [5.41, 5.74) is 1.71. The van der Waals surface area contributed by atoms with E-state index < -0.39 is 0 Å². The first kappa shape index (κ1) is 10.6. The summed E-state index contributed by atoms with van der Waals surface area (Å²) in [6, 6.07) is 1.85. The normalized spacial score (nSPS) is 25.8. The Morgan fingerprint density at radius 3 is 2.80 bits per heavy atom. The molecule has 1 aliphatic rings. The van der Waals surface area contributed by atoms with E-state index in [-0.39, 0.29) is 6.61 Å². The molecule has 1 heterocycles. The van der Waals surface area contributed by atoms with Gasteiger partial charge in [-0.05, 0) is 38.2 Å². The maximum atomic E-state index is 9.09. The van der Waals surface area contributed by atoms with Crippen molar-refractivity contribution < 1.29 is 5.11 Å². The van der Waals surface area contributed by atoms with Gasteiger partial charge in [0.05, 0.1) is 12.3 Å². The molecule has 0 amide bonds. The van der Waals surface area contributed by atoms with Crippen molar-refractivity contribution in [1.29, 1.82) is 0 Å². The standard InChI is InChI=1S/C12H18N2O/c1-8-3-4-10(5-8)12-13-9(2)6-11(7-15)14-12/h6,8,10,15H,3-5,7H2,1-2H3. The molecule has 0 saturated heterocycles. The molecular weight excluding hydrogens is 188 g/mol. The predicted octanol–water partition coefficient (Wildman–Crippen LogP) is 2.18. The summed E-state index contributed by atoms with van der Waals surface area (Å²) in [4.78, 5) is 8.88. The molecule has 15 heavy (non-hydrogen) atoms. The first-order chi connectivity index (χ1) is 7.19. The Kier molecular flexibility index (Phi) is 3.00. The van der Waals surface area contributed by atoms with Gasteiger partial charge in [0.1, 0.15) is 5.82 Å². The van der Waals surface area contributed by atoms with E-state index >= 15 is 0 Å². The molecule has 3 heteroatoms. The molecule has 0 spiro atoms. The largest absolute Gasteiger partial charge is 0.390 e. The van der Waals surface area contributed by atoms with Crippen LogP contribution in [0.5, 0.6) is 0 Å². The fourth-order valence-electron chi connectivity index (χ4n) is 2.36. The van der Waals surface area contributed by atoms with Crippen LogP contribution >= 0.6 is 0 Å². The lowest BCUT2D eigenvalue weighted by Gasteiger charge is -2.10. The van der Waals surface area contributed by atoms with E-state index in [9.17, 15) is 0 Å². The molecule has 2 atom stereocenters. The lowest BCUT2D eigenvalue weighted by molar-refractivity contribution is 0.275. The van der Waals surface area contributed by atoms with E-state index in [2.05, 4.69) is 16.9 Å². The highest BCUT2D eigenvalue weighted by molar-refractivity contribution is 5.12. The van der Waals surface area contributed by atoms with Crippen LogP contribution in [0.3, 0.4) is 0 Å². The first-order valence-corrected chi connectivity index (χ1v) is 5.64. The SMILES string of the molecule is Cc1cc(CO)nc(C2CCC(C)C2)n1. The number of rotatable bonds is 2. The third-order valence-electron chi connectivity index (χ3n) is 3.15. The average molecular weight is 206 g/mol.